The summed E-state index contributed by atoms with van der Waals surface area (Å²) in [5.41, 5.74) is 1.19. The van der Waals surface area contributed by atoms with Crippen LogP contribution in [0.25, 0.3) is 0 Å². The molecule has 2 rings (SSSR count). The van der Waals surface area contributed by atoms with E-state index in [1.807, 2.05) is 0 Å². The summed E-state index contributed by atoms with van der Waals surface area (Å²) in [6.07, 6.45) is 6.99. The molecule has 0 amide bonds. The smallest absolute Gasteiger partial charge is 0.173 e. The van der Waals surface area contributed by atoms with Crippen molar-refractivity contribution in [3.05, 3.63) is 35.5 Å². The first-order valence-corrected chi connectivity index (χ1v) is 7.59. The van der Waals surface area contributed by atoms with E-state index < -0.39 is 9.84 Å². The number of nitrogens with zero attached hydrogens (tertiary/aromatic N) is 1. The minimum atomic E-state index is -2.95. The van der Waals surface area contributed by atoms with E-state index in [1.54, 1.807) is 6.08 Å². The number of nitrogens with one attached hydrogen (secondary N) is 1. The van der Waals surface area contributed by atoms with Crippen molar-refractivity contribution in [2.75, 3.05) is 5.75 Å². The fourth-order valence-electron chi connectivity index (χ4n) is 1.94. The molecule has 0 aromatic carbocycles. The van der Waals surface area contributed by atoms with Gasteiger partial charge >= 0.3 is 0 Å². The summed E-state index contributed by atoms with van der Waals surface area (Å²) >= 11 is 0. The van der Waals surface area contributed by atoms with Crippen LogP contribution in [0.2, 0.25) is 0 Å². The van der Waals surface area contributed by atoms with E-state index in [-0.39, 0.29) is 11.8 Å². The fraction of sp³-hybridized carbons (Fsp3) is 0.500. The van der Waals surface area contributed by atoms with Crippen LogP contribution in [-0.4, -0.2) is 24.8 Å². The molecule has 0 fully saturated rings. The Balaban J connectivity index is 1.84. The van der Waals surface area contributed by atoms with Crippen LogP contribution in [0.15, 0.2) is 29.9 Å². The molecule has 0 spiro atoms. The van der Waals surface area contributed by atoms with E-state index in [4.69, 9.17) is 0 Å². The van der Waals surface area contributed by atoms with E-state index in [2.05, 4.69) is 35.3 Å². The summed E-state index contributed by atoms with van der Waals surface area (Å²) in [6, 6.07) is 2.02. The van der Waals surface area contributed by atoms with Crippen LogP contribution in [-0.2, 0) is 22.9 Å². The second-order valence-corrected chi connectivity index (χ2v) is 6.33. The molecule has 0 bridgehead atoms. The molecule has 0 saturated carbocycles. The maximum Gasteiger partial charge on any atom is 0.173 e. The summed E-state index contributed by atoms with van der Waals surface area (Å²) in [5.74, 6) is 0.183. The van der Waals surface area contributed by atoms with Crippen LogP contribution < -0.4 is 5.32 Å². The van der Waals surface area contributed by atoms with E-state index >= 15 is 0 Å². The van der Waals surface area contributed by atoms with Crippen LogP contribution in [0.4, 0.5) is 0 Å². The maximum atomic E-state index is 11.2. The van der Waals surface area contributed by atoms with Gasteiger partial charge in [0.1, 0.15) is 0 Å². The number of hydrogen-bond donors (Lipinski definition) is 1. The molecule has 1 aromatic heterocycles. The Morgan fingerprint density at radius 3 is 3.00 bits per heavy atom. The predicted molar refractivity (Wildman–Crippen MR) is 68.3 cm³/mol. The van der Waals surface area contributed by atoms with Gasteiger partial charge in [-0.25, -0.2) is 8.42 Å². The lowest BCUT2D eigenvalue weighted by atomic mass is 10.3. The van der Waals surface area contributed by atoms with E-state index in [0.29, 0.717) is 6.54 Å². The molecular weight excluding hydrogens is 236 g/mol. The lowest BCUT2D eigenvalue weighted by Crippen LogP contribution is -2.29. The molecule has 1 atom stereocenters. The summed E-state index contributed by atoms with van der Waals surface area (Å²) in [7, 11) is -2.95. The Hall–Kier alpha value is -1.07. The lowest BCUT2D eigenvalue weighted by molar-refractivity contribution is 0.590. The fourth-order valence-corrected chi connectivity index (χ4v) is 3.21. The molecular formula is C12H18N2O2S. The molecule has 0 aliphatic carbocycles. The van der Waals surface area contributed by atoms with Crippen molar-refractivity contribution in [2.24, 2.45) is 0 Å². The lowest BCUT2D eigenvalue weighted by Gasteiger charge is -2.08. The van der Waals surface area contributed by atoms with Crippen LogP contribution in [0.5, 0.6) is 0 Å². The second kappa shape index (κ2) is 5.06. The highest BCUT2D eigenvalue weighted by atomic mass is 32.2. The zero-order chi connectivity index (χ0) is 12.3. The number of hydrogen-bond acceptors (Lipinski definition) is 3. The monoisotopic (exact) mass is 254 g/mol. The minimum absolute atomic E-state index is 0.0467. The van der Waals surface area contributed by atoms with Gasteiger partial charge < -0.3 is 9.88 Å². The highest BCUT2D eigenvalue weighted by Crippen LogP contribution is 2.09. The average molecular weight is 254 g/mol. The normalized spacial score (nSPS) is 22.1. The number of rotatable bonds is 5. The standard InChI is InChI=1S/C12H18N2O2S/c1-2-5-14-6-3-11(9-14)8-13-12-4-7-17(15,16)10-12/h3-4,6-7,9,12-13H,2,5,8,10H2,1H3. The topological polar surface area (TPSA) is 51.1 Å². The third-order valence-electron chi connectivity index (χ3n) is 2.79. The highest BCUT2D eigenvalue weighted by Gasteiger charge is 2.20. The average Bonchev–Trinajstić information content (AvgIpc) is 2.83. The van der Waals surface area contributed by atoms with E-state index in [9.17, 15) is 8.42 Å². The molecule has 94 valence electrons. The molecule has 5 heteroatoms. The van der Waals surface area contributed by atoms with Gasteiger partial charge in [-0.15, -0.1) is 0 Å². The highest BCUT2D eigenvalue weighted by molar-refractivity contribution is 7.94. The maximum absolute atomic E-state index is 11.2. The zero-order valence-electron chi connectivity index (χ0n) is 9.96. The van der Waals surface area contributed by atoms with Gasteiger partial charge in [0.2, 0.25) is 0 Å². The van der Waals surface area contributed by atoms with Crippen LogP contribution in [0.3, 0.4) is 0 Å². The van der Waals surface area contributed by atoms with Gasteiger partial charge in [0.25, 0.3) is 0 Å². The van der Waals surface area contributed by atoms with Gasteiger partial charge in [0, 0.05) is 36.9 Å². The predicted octanol–water partition coefficient (Wildman–Crippen LogP) is 1.30. The van der Waals surface area contributed by atoms with Crippen molar-refractivity contribution in [3.63, 3.8) is 0 Å². The third-order valence-corrected chi connectivity index (χ3v) is 4.19. The zero-order valence-corrected chi connectivity index (χ0v) is 10.8. The second-order valence-electron chi connectivity index (χ2n) is 4.40. The van der Waals surface area contributed by atoms with Crippen molar-refractivity contribution in [2.45, 2.75) is 32.5 Å². The Bertz CT molecular complexity index is 502. The van der Waals surface area contributed by atoms with Gasteiger partial charge in [0.05, 0.1) is 5.75 Å². The van der Waals surface area contributed by atoms with E-state index in [0.717, 1.165) is 13.0 Å². The summed E-state index contributed by atoms with van der Waals surface area (Å²) < 4.78 is 24.6. The Labute approximate surface area is 102 Å². The number of aryl methyl sites for hydroxylation is 1. The quantitative estimate of drug-likeness (QED) is 0.861. The van der Waals surface area contributed by atoms with Gasteiger partial charge in [-0.1, -0.05) is 13.0 Å². The van der Waals surface area contributed by atoms with Crippen molar-refractivity contribution in [3.8, 4) is 0 Å². The Morgan fingerprint density at radius 1 is 1.53 bits per heavy atom. The van der Waals surface area contributed by atoms with Gasteiger partial charge in [0.15, 0.2) is 9.84 Å². The third kappa shape index (κ3) is 3.44. The van der Waals surface area contributed by atoms with Crippen molar-refractivity contribution >= 4 is 9.84 Å². The van der Waals surface area contributed by atoms with Crippen molar-refractivity contribution in [1.82, 2.24) is 9.88 Å². The molecule has 4 nitrogen and oxygen atoms in total. The van der Waals surface area contributed by atoms with Gasteiger partial charge in [-0.05, 0) is 18.1 Å². The Kier molecular flexibility index (Phi) is 3.69. The van der Waals surface area contributed by atoms with Crippen LogP contribution in [0, 0.1) is 0 Å². The summed E-state index contributed by atoms with van der Waals surface area (Å²) in [4.78, 5) is 0. The van der Waals surface area contributed by atoms with Gasteiger partial charge in [-0.2, -0.15) is 0 Å². The van der Waals surface area contributed by atoms with Crippen LogP contribution in [0.1, 0.15) is 18.9 Å². The Morgan fingerprint density at radius 2 is 2.35 bits per heavy atom. The molecule has 0 radical (unpaired) electrons. The first-order valence-electron chi connectivity index (χ1n) is 5.88. The molecule has 1 aliphatic heterocycles. The molecule has 1 unspecified atom stereocenters. The number of aromatic nitrogens is 1. The largest absolute Gasteiger partial charge is 0.354 e. The molecule has 1 N–H and O–H groups in total. The van der Waals surface area contributed by atoms with E-state index in [1.165, 1.54) is 11.0 Å². The van der Waals surface area contributed by atoms with Gasteiger partial charge in [-0.3, -0.25) is 0 Å². The number of sulfone groups is 1. The molecule has 17 heavy (non-hydrogen) atoms. The molecule has 1 aromatic rings. The minimum Gasteiger partial charge on any atom is -0.354 e. The summed E-state index contributed by atoms with van der Waals surface area (Å²) in [6.45, 7) is 3.88. The first kappa shape index (κ1) is 12.4. The molecule has 1 aliphatic rings. The first-order chi connectivity index (χ1) is 8.09. The van der Waals surface area contributed by atoms with Crippen molar-refractivity contribution < 1.29 is 8.42 Å². The molecule has 0 saturated heterocycles. The SMILES string of the molecule is CCCn1ccc(CNC2C=CS(=O)(=O)C2)c1. The summed E-state index contributed by atoms with van der Waals surface area (Å²) in [5, 5.41) is 4.53. The molecule has 2 heterocycles. The van der Waals surface area contributed by atoms with Crippen molar-refractivity contribution in [1.29, 1.82) is 0 Å². The van der Waals surface area contributed by atoms with Crippen LogP contribution >= 0.6 is 0 Å².